The van der Waals surface area contributed by atoms with Crippen LogP contribution in [-0.4, -0.2) is 26.5 Å². The van der Waals surface area contributed by atoms with E-state index in [1.54, 1.807) is 10.7 Å². The van der Waals surface area contributed by atoms with E-state index in [1.165, 1.54) is 24.4 Å². The summed E-state index contributed by atoms with van der Waals surface area (Å²) < 4.78 is 1.69. The Morgan fingerprint density at radius 1 is 1.16 bits per heavy atom. The van der Waals surface area contributed by atoms with Gasteiger partial charge in [0.15, 0.2) is 0 Å². The van der Waals surface area contributed by atoms with Crippen molar-refractivity contribution in [1.82, 2.24) is 20.6 Å². The quantitative estimate of drug-likeness (QED) is 0.464. The lowest BCUT2D eigenvalue weighted by Crippen LogP contribution is -2.41. The van der Waals surface area contributed by atoms with Gasteiger partial charge in [-0.05, 0) is 43.5 Å². The normalized spacial score (nSPS) is 13.0. The predicted octanol–water partition coefficient (Wildman–Crippen LogP) is 3.69. The Hall–Kier alpha value is -3.72. The summed E-state index contributed by atoms with van der Waals surface area (Å²) in [6.07, 6.45) is 3.33. The van der Waals surface area contributed by atoms with Crippen molar-refractivity contribution in [2.75, 3.05) is 0 Å². The third kappa shape index (κ3) is 4.26. The summed E-state index contributed by atoms with van der Waals surface area (Å²) in [7, 11) is 0. The molecule has 10 heteroatoms. The van der Waals surface area contributed by atoms with Gasteiger partial charge in [0.25, 0.3) is 17.5 Å². The van der Waals surface area contributed by atoms with Gasteiger partial charge in [-0.1, -0.05) is 23.7 Å². The maximum atomic E-state index is 12.8. The maximum absolute atomic E-state index is 12.8. The molecule has 1 heterocycles. The molecule has 2 aromatic carbocycles. The lowest BCUT2D eigenvalue weighted by molar-refractivity contribution is -0.384. The molecule has 4 rings (SSSR count). The van der Waals surface area contributed by atoms with Gasteiger partial charge in [0.1, 0.15) is 0 Å². The highest BCUT2D eigenvalue weighted by molar-refractivity contribution is 6.31. The van der Waals surface area contributed by atoms with Crippen LogP contribution in [0.3, 0.4) is 0 Å². The molecule has 1 saturated carbocycles. The first-order chi connectivity index (χ1) is 14.8. The molecule has 31 heavy (non-hydrogen) atoms. The number of nitrogens with one attached hydrogen (secondary N) is 2. The number of nitro benzene ring substituents is 1. The van der Waals surface area contributed by atoms with Gasteiger partial charge in [0, 0.05) is 28.6 Å². The number of rotatable bonds is 5. The second-order valence-electron chi connectivity index (χ2n) is 7.28. The Balaban J connectivity index is 1.53. The summed E-state index contributed by atoms with van der Waals surface area (Å²) in [4.78, 5) is 35.3. The number of hydrazine groups is 1. The lowest BCUT2D eigenvalue weighted by Gasteiger charge is -2.11. The van der Waals surface area contributed by atoms with E-state index in [2.05, 4.69) is 16.0 Å². The molecule has 0 spiro atoms. The van der Waals surface area contributed by atoms with Crippen molar-refractivity contribution in [3.05, 3.63) is 86.2 Å². The molecule has 158 valence electrons. The van der Waals surface area contributed by atoms with Crippen LogP contribution in [0.1, 0.15) is 50.7 Å². The number of nitro groups is 1. The second-order valence-corrected chi connectivity index (χ2v) is 7.69. The van der Waals surface area contributed by atoms with Crippen molar-refractivity contribution in [2.24, 2.45) is 0 Å². The monoisotopic (exact) mass is 439 g/mol. The lowest BCUT2D eigenvalue weighted by atomic mass is 10.1. The molecule has 0 unspecified atom stereocenters. The number of hydrogen-bond donors (Lipinski definition) is 2. The molecular weight excluding hydrogens is 422 g/mol. The largest absolute Gasteiger partial charge is 0.273 e. The van der Waals surface area contributed by atoms with Crippen molar-refractivity contribution < 1.29 is 14.5 Å². The van der Waals surface area contributed by atoms with Crippen molar-refractivity contribution >= 4 is 29.1 Å². The van der Waals surface area contributed by atoms with Crippen LogP contribution in [0.4, 0.5) is 5.69 Å². The summed E-state index contributed by atoms with van der Waals surface area (Å²) in [6, 6.07) is 10.8. The van der Waals surface area contributed by atoms with E-state index in [1.807, 2.05) is 19.1 Å². The molecule has 0 saturated heterocycles. The van der Waals surface area contributed by atoms with Gasteiger partial charge in [0.05, 0.1) is 28.1 Å². The van der Waals surface area contributed by atoms with Crippen LogP contribution in [0.2, 0.25) is 5.02 Å². The van der Waals surface area contributed by atoms with Crippen LogP contribution in [0.25, 0.3) is 5.69 Å². The number of carbonyl (C=O) groups excluding carboxylic acids is 2. The molecule has 2 amide bonds. The number of non-ortho nitro benzene ring substituents is 1. The highest BCUT2D eigenvalue weighted by atomic mass is 35.5. The number of benzene rings is 2. The third-order valence-electron chi connectivity index (χ3n) is 5.02. The van der Waals surface area contributed by atoms with Crippen LogP contribution >= 0.6 is 11.6 Å². The number of aromatic nitrogens is 2. The van der Waals surface area contributed by atoms with Crippen LogP contribution in [0, 0.1) is 17.0 Å². The summed E-state index contributed by atoms with van der Waals surface area (Å²) in [5, 5.41) is 15.8. The number of aryl methyl sites for hydroxylation is 1. The number of hydrogen-bond acceptors (Lipinski definition) is 5. The van der Waals surface area contributed by atoms with E-state index in [4.69, 9.17) is 11.6 Å². The fourth-order valence-electron chi connectivity index (χ4n) is 3.22. The average Bonchev–Trinajstić information content (AvgIpc) is 3.51. The highest BCUT2D eigenvalue weighted by Gasteiger charge is 2.33. The Kier molecular flexibility index (Phi) is 5.43. The number of amides is 2. The average molecular weight is 440 g/mol. The number of nitrogens with zero attached hydrogens (tertiary/aromatic N) is 3. The van der Waals surface area contributed by atoms with E-state index >= 15 is 0 Å². The maximum Gasteiger partial charge on any atom is 0.273 e. The van der Waals surface area contributed by atoms with Gasteiger partial charge in [-0.3, -0.25) is 30.6 Å². The van der Waals surface area contributed by atoms with E-state index in [0.29, 0.717) is 10.6 Å². The van der Waals surface area contributed by atoms with E-state index in [-0.39, 0.29) is 17.2 Å². The van der Waals surface area contributed by atoms with Gasteiger partial charge >= 0.3 is 0 Å². The molecule has 1 fully saturated rings. The minimum Gasteiger partial charge on any atom is -0.267 e. The molecule has 1 aliphatic carbocycles. The summed E-state index contributed by atoms with van der Waals surface area (Å²) in [6.45, 7) is 1.90. The zero-order chi connectivity index (χ0) is 22.1. The standard InChI is InChI=1S/C21H18ClN5O4/c1-12-5-8-15(10-18(12)22)26-19(13-6-7-13)17(11-23-26)21(29)25-24-20(28)14-3-2-4-16(9-14)27(30)31/h2-5,8-11,13H,6-7H2,1H3,(H,24,28)(H,25,29). The van der Waals surface area contributed by atoms with Gasteiger partial charge < -0.3 is 0 Å². The Bertz CT molecular complexity index is 1200. The Labute approximate surface area is 182 Å². The summed E-state index contributed by atoms with van der Waals surface area (Å²) in [5.74, 6) is -0.997. The topological polar surface area (TPSA) is 119 Å². The molecule has 2 N–H and O–H groups in total. The van der Waals surface area contributed by atoms with Gasteiger partial charge in [-0.2, -0.15) is 5.10 Å². The third-order valence-corrected chi connectivity index (χ3v) is 5.43. The summed E-state index contributed by atoms with van der Waals surface area (Å²) >= 11 is 6.24. The minimum atomic E-state index is -0.664. The first kappa shape index (κ1) is 20.5. The van der Waals surface area contributed by atoms with Crippen molar-refractivity contribution in [3.63, 3.8) is 0 Å². The molecule has 0 radical (unpaired) electrons. The zero-order valence-corrected chi connectivity index (χ0v) is 17.2. The van der Waals surface area contributed by atoms with E-state index in [9.17, 15) is 19.7 Å². The number of halogens is 1. The molecule has 0 atom stereocenters. The van der Waals surface area contributed by atoms with Crippen molar-refractivity contribution in [2.45, 2.75) is 25.7 Å². The first-order valence-corrected chi connectivity index (χ1v) is 9.92. The fraction of sp³-hybridized carbons (Fsp3) is 0.190. The molecule has 1 aliphatic rings. The highest BCUT2D eigenvalue weighted by Crippen LogP contribution is 2.42. The van der Waals surface area contributed by atoms with Gasteiger partial charge in [0.2, 0.25) is 0 Å². The van der Waals surface area contributed by atoms with Crippen molar-refractivity contribution in [3.8, 4) is 5.69 Å². The Morgan fingerprint density at radius 3 is 2.58 bits per heavy atom. The predicted molar refractivity (Wildman–Crippen MR) is 113 cm³/mol. The smallest absolute Gasteiger partial charge is 0.267 e. The SMILES string of the molecule is Cc1ccc(-n2ncc(C(=O)NNC(=O)c3cccc([N+](=O)[O-])c3)c2C2CC2)cc1Cl. The van der Waals surface area contributed by atoms with Crippen LogP contribution in [0.5, 0.6) is 0 Å². The van der Waals surface area contributed by atoms with E-state index in [0.717, 1.165) is 35.9 Å². The second kappa shape index (κ2) is 8.19. The number of carbonyl (C=O) groups is 2. The van der Waals surface area contributed by atoms with Crippen LogP contribution in [-0.2, 0) is 0 Å². The van der Waals surface area contributed by atoms with E-state index < -0.39 is 16.7 Å². The molecule has 1 aromatic heterocycles. The molecule has 0 bridgehead atoms. The van der Waals surface area contributed by atoms with Crippen LogP contribution in [0.15, 0.2) is 48.7 Å². The minimum absolute atomic E-state index is 0.0573. The van der Waals surface area contributed by atoms with Crippen molar-refractivity contribution in [1.29, 1.82) is 0 Å². The Morgan fingerprint density at radius 2 is 1.90 bits per heavy atom. The zero-order valence-electron chi connectivity index (χ0n) is 16.5. The van der Waals surface area contributed by atoms with Gasteiger partial charge in [-0.25, -0.2) is 4.68 Å². The molecule has 0 aliphatic heterocycles. The molecule has 3 aromatic rings. The fourth-order valence-corrected chi connectivity index (χ4v) is 3.39. The molecular formula is C21H18ClN5O4. The molecule has 9 nitrogen and oxygen atoms in total. The first-order valence-electron chi connectivity index (χ1n) is 9.54. The van der Waals surface area contributed by atoms with Crippen LogP contribution < -0.4 is 10.9 Å². The summed E-state index contributed by atoms with van der Waals surface area (Å²) in [5.41, 5.74) is 7.29. The van der Waals surface area contributed by atoms with Gasteiger partial charge in [-0.15, -0.1) is 0 Å².